The minimum absolute atomic E-state index is 0.161. The van der Waals surface area contributed by atoms with Gasteiger partial charge in [0, 0.05) is 24.2 Å². The highest BCUT2D eigenvalue weighted by molar-refractivity contribution is 6.30. The van der Waals surface area contributed by atoms with Gasteiger partial charge in [-0.2, -0.15) is 5.10 Å². The van der Waals surface area contributed by atoms with Crippen molar-refractivity contribution in [3.63, 3.8) is 0 Å². The van der Waals surface area contributed by atoms with E-state index in [0.717, 1.165) is 0 Å². The Kier molecular flexibility index (Phi) is 4.80. The molecule has 0 aliphatic carbocycles. The van der Waals surface area contributed by atoms with E-state index in [2.05, 4.69) is 20.7 Å². The Labute approximate surface area is 128 Å². The second kappa shape index (κ2) is 6.58. The van der Waals surface area contributed by atoms with E-state index in [9.17, 15) is 4.79 Å². The highest BCUT2D eigenvalue weighted by Crippen LogP contribution is 2.18. The van der Waals surface area contributed by atoms with Crippen LogP contribution in [0.15, 0.2) is 24.4 Å². The molecule has 2 N–H and O–H groups in total. The van der Waals surface area contributed by atoms with Gasteiger partial charge in [-0.1, -0.05) is 11.6 Å². The lowest BCUT2D eigenvalue weighted by molar-refractivity contribution is 0.102. The van der Waals surface area contributed by atoms with Gasteiger partial charge in [0.05, 0.1) is 6.20 Å². The summed E-state index contributed by atoms with van der Waals surface area (Å²) in [4.78, 5) is 16.4. The number of hydrogen-bond donors (Lipinski definition) is 2. The van der Waals surface area contributed by atoms with E-state index in [1.807, 2.05) is 20.8 Å². The molecule has 0 unspecified atom stereocenters. The summed E-state index contributed by atoms with van der Waals surface area (Å²) in [6.07, 6.45) is 1.65. The third kappa shape index (κ3) is 3.72. The molecule has 0 fully saturated rings. The summed E-state index contributed by atoms with van der Waals surface area (Å²) < 4.78 is 1.74. The molecule has 0 bridgehead atoms. The summed E-state index contributed by atoms with van der Waals surface area (Å²) in [5.41, 5.74) is 0.447. The summed E-state index contributed by atoms with van der Waals surface area (Å²) in [6.45, 7) is 6.64. The molecule has 0 spiro atoms. The average molecular weight is 308 g/mol. The van der Waals surface area contributed by atoms with E-state index in [0.29, 0.717) is 23.7 Å². The molecular formula is C14H18ClN5O. The van der Waals surface area contributed by atoms with Gasteiger partial charge in [-0.15, -0.1) is 0 Å². The maximum absolute atomic E-state index is 12.3. The van der Waals surface area contributed by atoms with Gasteiger partial charge in [0.2, 0.25) is 0 Å². The molecule has 112 valence electrons. The fraction of sp³-hybridized carbons (Fsp3) is 0.357. The molecule has 2 aromatic rings. The molecule has 1 amide bonds. The molecule has 21 heavy (non-hydrogen) atoms. The Morgan fingerprint density at radius 2 is 2.19 bits per heavy atom. The summed E-state index contributed by atoms with van der Waals surface area (Å²) in [5, 5.41) is 10.3. The van der Waals surface area contributed by atoms with E-state index >= 15 is 0 Å². The van der Waals surface area contributed by atoms with Crippen LogP contribution in [-0.2, 0) is 0 Å². The number of halogens is 1. The van der Waals surface area contributed by atoms with Crippen LogP contribution in [0.3, 0.4) is 0 Å². The molecule has 2 aromatic heterocycles. The summed E-state index contributed by atoms with van der Waals surface area (Å²) >= 11 is 5.94. The zero-order chi connectivity index (χ0) is 15.4. The topological polar surface area (TPSA) is 71.8 Å². The predicted molar refractivity (Wildman–Crippen MR) is 84.0 cm³/mol. The number of carbonyl (C=O) groups excluding carboxylic acids is 1. The third-order valence-electron chi connectivity index (χ3n) is 2.82. The first-order chi connectivity index (χ1) is 10.0. The summed E-state index contributed by atoms with van der Waals surface area (Å²) in [6, 6.07) is 5.12. The molecule has 6 nitrogen and oxygen atoms in total. The smallest absolute Gasteiger partial charge is 0.257 e. The fourth-order valence-electron chi connectivity index (χ4n) is 1.91. The predicted octanol–water partition coefficient (Wildman–Crippen LogP) is 3.20. The Hall–Kier alpha value is -2.08. The number of rotatable bonds is 5. The number of anilines is 2. The number of carbonyl (C=O) groups is 1. The number of amides is 1. The number of aromatic nitrogens is 3. The van der Waals surface area contributed by atoms with Crippen LogP contribution in [0.1, 0.15) is 37.2 Å². The SMILES string of the molecule is CCNc1cc(C(=O)Nc2ccnn2C(C)C)cc(Cl)n1. The average Bonchev–Trinajstić information content (AvgIpc) is 2.86. The van der Waals surface area contributed by atoms with Gasteiger partial charge in [-0.3, -0.25) is 4.79 Å². The Morgan fingerprint density at radius 1 is 1.43 bits per heavy atom. The maximum atomic E-state index is 12.3. The van der Waals surface area contributed by atoms with Crippen molar-refractivity contribution in [2.24, 2.45) is 0 Å². The molecule has 2 rings (SSSR count). The first-order valence-corrected chi connectivity index (χ1v) is 7.15. The van der Waals surface area contributed by atoms with Gasteiger partial charge in [0.1, 0.15) is 16.8 Å². The maximum Gasteiger partial charge on any atom is 0.257 e. The normalized spacial score (nSPS) is 10.7. The van der Waals surface area contributed by atoms with Crippen LogP contribution in [0.25, 0.3) is 0 Å². The monoisotopic (exact) mass is 307 g/mol. The van der Waals surface area contributed by atoms with Crippen LogP contribution in [0.2, 0.25) is 5.15 Å². The van der Waals surface area contributed by atoms with Gasteiger partial charge in [0.25, 0.3) is 5.91 Å². The van der Waals surface area contributed by atoms with Crippen molar-refractivity contribution in [1.82, 2.24) is 14.8 Å². The Bertz CT molecular complexity index is 638. The molecule has 0 aliphatic rings. The van der Waals surface area contributed by atoms with E-state index in [4.69, 9.17) is 11.6 Å². The second-order valence-corrected chi connectivity index (χ2v) is 5.19. The summed E-state index contributed by atoms with van der Waals surface area (Å²) in [5.74, 6) is 0.973. The minimum Gasteiger partial charge on any atom is -0.370 e. The summed E-state index contributed by atoms with van der Waals surface area (Å²) in [7, 11) is 0. The number of nitrogens with zero attached hydrogens (tertiary/aromatic N) is 3. The second-order valence-electron chi connectivity index (χ2n) is 4.80. The Balaban J connectivity index is 2.22. The van der Waals surface area contributed by atoms with Gasteiger partial charge in [-0.25, -0.2) is 9.67 Å². The molecule has 0 saturated heterocycles. The van der Waals surface area contributed by atoms with Crippen LogP contribution in [0.4, 0.5) is 11.6 Å². The van der Waals surface area contributed by atoms with Crippen LogP contribution in [0, 0.1) is 0 Å². The van der Waals surface area contributed by atoms with Gasteiger partial charge >= 0.3 is 0 Å². The molecule has 7 heteroatoms. The first-order valence-electron chi connectivity index (χ1n) is 6.77. The highest BCUT2D eigenvalue weighted by atomic mass is 35.5. The highest BCUT2D eigenvalue weighted by Gasteiger charge is 2.13. The lowest BCUT2D eigenvalue weighted by Gasteiger charge is -2.12. The zero-order valence-corrected chi connectivity index (χ0v) is 13.0. The number of pyridine rings is 1. The molecule has 0 atom stereocenters. The van der Waals surface area contributed by atoms with Crippen molar-refractivity contribution < 1.29 is 4.79 Å². The molecule has 0 aromatic carbocycles. The molecular weight excluding hydrogens is 290 g/mol. The van der Waals surface area contributed by atoms with Crippen molar-refractivity contribution in [3.05, 3.63) is 35.1 Å². The zero-order valence-electron chi connectivity index (χ0n) is 12.2. The van der Waals surface area contributed by atoms with E-state index in [1.54, 1.807) is 23.0 Å². The first kappa shape index (κ1) is 15.3. The third-order valence-corrected chi connectivity index (χ3v) is 3.01. The van der Waals surface area contributed by atoms with Gasteiger partial charge in [0.15, 0.2) is 0 Å². The van der Waals surface area contributed by atoms with E-state index in [-0.39, 0.29) is 17.1 Å². The van der Waals surface area contributed by atoms with Crippen molar-refractivity contribution in [2.75, 3.05) is 17.2 Å². The van der Waals surface area contributed by atoms with Crippen molar-refractivity contribution >= 4 is 29.1 Å². The standard InChI is InChI=1S/C14H18ClN5O/c1-4-16-12-8-10(7-11(15)18-12)14(21)19-13-5-6-17-20(13)9(2)3/h5-9H,4H2,1-3H3,(H,16,18)(H,19,21). The van der Waals surface area contributed by atoms with Gasteiger partial charge in [-0.05, 0) is 32.9 Å². The van der Waals surface area contributed by atoms with Crippen molar-refractivity contribution in [1.29, 1.82) is 0 Å². The van der Waals surface area contributed by atoms with Crippen LogP contribution in [-0.4, -0.2) is 27.2 Å². The molecule has 0 radical (unpaired) electrons. The van der Waals surface area contributed by atoms with Gasteiger partial charge < -0.3 is 10.6 Å². The lowest BCUT2D eigenvalue weighted by Crippen LogP contribution is -2.17. The van der Waals surface area contributed by atoms with Crippen molar-refractivity contribution in [2.45, 2.75) is 26.8 Å². The molecule has 2 heterocycles. The number of hydrogen-bond acceptors (Lipinski definition) is 4. The van der Waals surface area contributed by atoms with E-state index in [1.165, 1.54) is 6.07 Å². The number of nitrogens with one attached hydrogen (secondary N) is 2. The minimum atomic E-state index is -0.249. The molecule has 0 aliphatic heterocycles. The largest absolute Gasteiger partial charge is 0.370 e. The molecule has 0 saturated carbocycles. The van der Waals surface area contributed by atoms with Crippen LogP contribution < -0.4 is 10.6 Å². The fourth-order valence-corrected chi connectivity index (χ4v) is 2.12. The van der Waals surface area contributed by atoms with Crippen LogP contribution in [0.5, 0.6) is 0 Å². The lowest BCUT2D eigenvalue weighted by atomic mass is 10.2. The Morgan fingerprint density at radius 3 is 2.86 bits per heavy atom. The van der Waals surface area contributed by atoms with Crippen LogP contribution >= 0.6 is 11.6 Å². The quantitative estimate of drug-likeness (QED) is 0.832. The van der Waals surface area contributed by atoms with Crippen molar-refractivity contribution in [3.8, 4) is 0 Å². The van der Waals surface area contributed by atoms with E-state index < -0.39 is 0 Å².